The maximum absolute atomic E-state index is 13.2. The van der Waals surface area contributed by atoms with Gasteiger partial charge < -0.3 is 25.0 Å². The summed E-state index contributed by atoms with van der Waals surface area (Å²) >= 11 is 0. The Morgan fingerprint density at radius 3 is 2.32 bits per heavy atom. The second kappa shape index (κ2) is 10.0. The van der Waals surface area contributed by atoms with Crippen LogP contribution in [0.1, 0.15) is 25.0 Å². The lowest BCUT2D eigenvalue weighted by atomic mass is 9.98. The maximum atomic E-state index is 13.2. The van der Waals surface area contributed by atoms with E-state index in [2.05, 4.69) is 10.6 Å². The summed E-state index contributed by atoms with van der Waals surface area (Å²) in [6.45, 7) is 4.86. The number of rotatable bonds is 6. The topological polar surface area (TPSA) is 79.9 Å². The average molecular weight is 462 g/mol. The number of fused-ring (bicyclic) bond motifs is 2. The van der Waals surface area contributed by atoms with Crippen molar-refractivity contribution in [2.75, 3.05) is 26.1 Å². The van der Waals surface area contributed by atoms with Crippen LogP contribution in [0.15, 0.2) is 54.6 Å². The smallest absolute Gasteiger partial charge is 0.318 e. The first kappa shape index (κ1) is 23.4. The van der Waals surface area contributed by atoms with Crippen molar-refractivity contribution >= 4 is 28.4 Å². The zero-order valence-electron chi connectivity index (χ0n) is 20.1. The summed E-state index contributed by atoms with van der Waals surface area (Å²) in [5, 5.41) is 7.98. The number of carbonyl (C=O) groups excluding carboxylic acids is 2. The van der Waals surface area contributed by atoms with E-state index in [1.165, 1.54) is 0 Å². The molecule has 0 radical (unpaired) electrons. The lowest BCUT2D eigenvalue weighted by Gasteiger charge is -2.32. The van der Waals surface area contributed by atoms with Crippen molar-refractivity contribution < 1.29 is 19.1 Å². The lowest BCUT2D eigenvalue weighted by molar-refractivity contribution is -0.118. The molecule has 7 heteroatoms. The van der Waals surface area contributed by atoms with Crippen LogP contribution in [-0.2, 0) is 17.8 Å². The maximum Gasteiger partial charge on any atom is 0.318 e. The number of urea groups is 1. The van der Waals surface area contributed by atoms with Gasteiger partial charge >= 0.3 is 6.03 Å². The molecule has 1 aliphatic rings. The normalized spacial score (nSPS) is 13.9. The van der Waals surface area contributed by atoms with E-state index in [9.17, 15) is 9.59 Å². The molecule has 7 nitrogen and oxygen atoms in total. The van der Waals surface area contributed by atoms with Gasteiger partial charge in [0.1, 0.15) is 6.04 Å². The van der Waals surface area contributed by atoms with Crippen molar-refractivity contribution in [2.24, 2.45) is 5.92 Å². The van der Waals surface area contributed by atoms with Gasteiger partial charge in [-0.25, -0.2) is 4.79 Å². The molecule has 0 saturated carbocycles. The molecule has 3 aromatic rings. The number of ether oxygens (including phenoxy) is 2. The van der Waals surface area contributed by atoms with Crippen LogP contribution in [0.2, 0.25) is 0 Å². The minimum absolute atomic E-state index is 0.0830. The first-order valence-electron chi connectivity index (χ1n) is 11.5. The number of nitrogens with one attached hydrogen (secondary N) is 2. The largest absolute Gasteiger partial charge is 0.493 e. The minimum atomic E-state index is -0.668. The predicted octanol–water partition coefficient (Wildman–Crippen LogP) is 4.59. The fourth-order valence-electron chi connectivity index (χ4n) is 4.36. The molecule has 0 fully saturated rings. The van der Waals surface area contributed by atoms with Crippen LogP contribution < -0.4 is 20.1 Å². The van der Waals surface area contributed by atoms with Gasteiger partial charge in [-0.05, 0) is 47.1 Å². The molecular formula is C27H31N3O4. The number of methoxy groups -OCH3 is 2. The highest BCUT2D eigenvalue weighted by molar-refractivity contribution is 6.04. The third-order valence-corrected chi connectivity index (χ3v) is 6.28. The molecule has 0 bridgehead atoms. The van der Waals surface area contributed by atoms with Gasteiger partial charge in [-0.1, -0.05) is 50.2 Å². The van der Waals surface area contributed by atoms with E-state index in [-0.39, 0.29) is 17.9 Å². The first-order chi connectivity index (χ1) is 16.4. The summed E-state index contributed by atoms with van der Waals surface area (Å²) in [4.78, 5) is 28.1. The van der Waals surface area contributed by atoms with Crippen LogP contribution in [0.25, 0.3) is 10.8 Å². The first-order valence-corrected chi connectivity index (χ1v) is 11.5. The molecule has 4 rings (SSSR count). The van der Waals surface area contributed by atoms with Crippen LogP contribution in [0.3, 0.4) is 0 Å². The van der Waals surface area contributed by atoms with Crippen molar-refractivity contribution in [2.45, 2.75) is 32.9 Å². The number of benzene rings is 3. The van der Waals surface area contributed by atoms with Gasteiger partial charge in [-0.15, -0.1) is 0 Å². The van der Waals surface area contributed by atoms with Gasteiger partial charge in [0.15, 0.2) is 11.5 Å². The number of hydrogen-bond acceptors (Lipinski definition) is 4. The van der Waals surface area contributed by atoms with Gasteiger partial charge in [-0.2, -0.15) is 0 Å². The van der Waals surface area contributed by atoms with Gasteiger partial charge in [0, 0.05) is 24.2 Å². The third kappa shape index (κ3) is 4.78. The predicted molar refractivity (Wildman–Crippen MR) is 133 cm³/mol. The molecule has 34 heavy (non-hydrogen) atoms. The Morgan fingerprint density at radius 1 is 0.941 bits per heavy atom. The highest BCUT2D eigenvalue weighted by atomic mass is 16.5. The zero-order valence-corrected chi connectivity index (χ0v) is 20.1. The van der Waals surface area contributed by atoms with Crippen molar-refractivity contribution in [3.8, 4) is 11.5 Å². The number of nitrogens with zero attached hydrogens (tertiary/aromatic N) is 1. The number of amides is 3. The molecule has 1 unspecified atom stereocenters. The monoisotopic (exact) mass is 461 g/mol. The van der Waals surface area contributed by atoms with E-state index < -0.39 is 6.04 Å². The van der Waals surface area contributed by atoms with E-state index in [1.807, 2.05) is 68.4 Å². The molecule has 0 spiro atoms. The summed E-state index contributed by atoms with van der Waals surface area (Å²) in [7, 11) is 3.21. The van der Waals surface area contributed by atoms with Gasteiger partial charge in [0.05, 0.1) is 14.2 Å². The van der Waals surface area contributed by atoms with Crippen molar-refractivity contribution in [1.29, 1.82) is 0 Å². The average Bonchev–Trinajstić information content (AvgIpc) is 2.85. The van der Waals surface area contributed by atoms with Gasteiger partial charge in [0.2, 0.25) is 5.91 Å². The summed E-state index contributed by atoms with van der Waals surface area (Å²) in [6.07, 6.45) is 0.706. The van der Waals surface area contributed by atoms with E-state index in [0.717, 1.165) is 27.6 Å². The summed E-state index contributed by atoms with van der Waals surface area (Å²) in [6, 6.07) is 16.6. The molecule has 3 amide bonds. The summed E-state index contributed by atoms with van der Waals surface area (Å²) in [5.74, 6) is 1.01. The molecule has 178 valence electrons. The molecule has 1 aliphatic heterocycles. The molecule has 2 N–H and O–H groups in total. The highest BCUT2D eigenvalue weighted by Crippen LogP contribution is 2.33. The fraction of sp³-hybridized carbons (Fsp3) is 0.333. The third-order valence-electron chi connectivity index (χ3n) is 6.28. The quantitative estimate of drug-likeness (QED) is 0.563. The second-order valence-electron chi connectivity index (χ2n) is 8.83. The fourth-order valence-corrected chi connectivity index (χ4v) is 4.36. The van der Waals surface area contributed by atoms with Gasteiger partial charge in [-0.3, -0.25) is 4.79 Å². The Hall–Kier alpha value is -3.74. The van der Waals surface area contributed by atoms with E-state index in [1.54, 1.807) is 19.1 Å². The second-order valence-corrected chi connectivity index (χ2v) is 8.83. The Kier molecular flexibility index (Phi) is 6.91. The number of carbonyl (C=O) groups is 2. The highest BCUT2D eigenvalue weighted by Gasteiger charge is 2.29. The number of anilines is 1. The SMILES string of the molecule is COc1cc2c(cc1OC)CN(C(=O)NC(C(=O)Nc1cccc3ccccc13)C(C)C)CC2. The molecule has 3 aromatic carbocycles. The van der Waals surface area contributed by atoms with Crippen LogP contribution in [0.4, 0.5) is 10.5 Å². The van der Waals surface area contributed by atoms with Crippen LogP contribution in [-0.4, -0.2) is 43.6 Å². The van der Waals surface area contributed by atoms with Crippen molar-refractivity contribution in [3.63, 3.8) is 0 Å². The molecular weight excluding hydrogens is 430 g/mol. The molecule has 0 aromatic heterocycles. The standard InChI is InChI=1S/C27H31N3O4/c1-17(2)25(26(31)28-22-11-7-9-18-8-5-6-10-21(18)22)29-27(32)30-13-12-19-14-23(33-3)24(34-4)15-20(19)16-30/h5-11,14-15,17,25H,12-13,16H2,1-4H3,(H,28,31)(H,29,32). The van der Waals surface area contributed by atoms with Crippen molar-refractivity contribution in [3.05, 3.63) is 65.7 Å². The zero-order chi connectivity index (χ0) is 24.2. The van der Waals surface area contributed by atoms with E-state index >= 15 is 0 Å². The Balaban J connectivity index is 1.47. The molecule has 0 saturated heterocycles. The van der Waals surface area contributed by atoms with Crippen LogP contribution in [0.5, 0.6) is 11.5 Å². The minimum Gasteiger partial charge on any atom is -0.493 e. The Bertz CT molecular complexity index is 1200. The molecule has 0 aliphatic carbocycles. The van der Waals surface area contributed by atoms with Crippen LogP contribution in [0, 0.1) is 5.92 Å². The summed E-state index contributed by atoms with van der Waals surface area (Å²) in [5.41, 5.74) is 2.88. The number of hydrogen-bond donors (Lipinski definition) is 2. The van der Waals surface area contributed by atoms with Crippen LogP contribution >= 0.6 is 0 Å². The Labute approximate surface area is 200 Å². The van der Waals surface area contributed by atoms with Crippen molar-refractivity contribution in [1.82, 2.24) is 10.2 Å². The Morgan fingerprint density at radius 2 is 1.62 bits per heavy atom. The van der Waals surface area contributed by atoms with E-state index in [0.29, 0.717) is 31.0 Å². The van der Waals surface area contributed by atoms with E-state index in [4.69, 9.17) is 9.47 Å². The van der Waals surface area contributed by atoms with Gasteiger partial charge in [0.25, 0.3) is 0 Å². The lowest BCUT2D eigenvalue weighted by Crippen LogP contribution is -2.52. The molecule has 1 atom stereocenters. The molecule has 1 heterocycles. The summed E-state index contributed by atoms with van der Waals surface area (Å²) < 4.78 is 10.8.